The molecule has 2 heterocycles. The van der Waals surface area contributed by atoms with E-state index in [1.54, 1.807) is 20.2 Å². The summed E-state index contributed by atoms with van der Waals surface area (Å²) in [5.41, 5.74) is 2.06. The number of Topliss-reactive ketones (excluding diaryl/α,β-unsaturated/α-hetero) is 1. The van der Waals surface area contributed by atoms with E-state index in [0.29, 0.717) is 5.69 Å². The molecule has 1 atom stereocenters. The number of hydrogen-bond donors (Lipinski definition) is 0. The van der Waals surface area contributed by atoms with Crippen LogP contribution in [0.4, 0.5) is 5.69 Å². The molecule has 0 saturated carbocycles. The molecule has 1 aromatic heterocycles. The number of rotatable bonds is 5. The first-order valence-corrected chi connectivity index (χ1v) is 9.55. The van der Waals surface area contributed by atoms with Gasteiger partial charge in [-0.3, -0.25) is 14.4 Å². The second-order valence-electron chi connectivity index (χ2n) is 7.34. The van der Waals surface area contributed by atoms with Gasteiger partial charge in [0.05, 0.1) is 5.69 Å². The third kappa shape index (κ3) is 4.13. The summed E-state index contributed by atoms with van der Waals surface area (Å²) in [6, 6.07) is 9.72. The van der Waals surface area contributed by atoms with Crippen molar-refractivity contribution < 1.29 is 9.59 Å². The molecule has 0 spiro atoms. The zero-order valence-corrected chi connectivity index (χ0v) is 16.6. The quantitative estimate of drug-likeness (QED) is 0.741. The van der Waals surface area contributed by atoms with Gasteiger partial charge < -0.3 is 9.80 Å². The van der Waals surface area contributed by atoms with Crippen LogP contribution in [0.1, 0.15) is 32.2 Å². The fraction of sp³-hybridized carbons (Fsp3) is 0.429. The third-order valence-electron chi connectivity index (χ3n) is 5.01. The van der Waals surface area contributed by atoms with Crippen molar-refractivity contribution in [3.8, 4) is 11.3 Å². The molecule has 1 unspecified atom stereocenters. The van der Waals surface area contributed by atoms with Gasteiger partial charge in [0.25, 0.3) is 11.5 Å². The Bertz CT molecular complexity index is 912. The smallest absolute Gasteiger partial charge is 0.267 e. The number of hydrogen-bond acceptors (Lipinski definition) is 5. The van der Waals surface area contributed by atoms with Crippen molar-refractivity contribution in [1.29, 1.82) is 0 Å². The fourth-order valence-corrected chi connectivity index (χ4v) is 3.45. The molecule has 1 amide bonds. The van der Waals surface area contributed by atoms with Crippen LogP contribution in [0, 0.1) is 0 Å². The number of benzene rings is 1. The van der Waals surface area contributed by atoms with Crippen LogP contribution in [-0.2, 0) is 9.59 Å². The summed E-state index contributed by atoms with van der Waals surface area (Å²) in [4.78, 5) is 40.4. The monoisotopic (exact) mass is 382 g/mol. The predicted molar refractivity (Wildman–Crippen MR) is 108 cm³/mol. The van der Waals surface area contributed by atoms with Crippen molar-refractivity contribution in [3.05, 3.63) is 46.8 Å². The molecule has 1 fully saturated rings. The number of nitrogens with zero attached hydrogens (tertiary/aromatic N) is 4. The summed E-state index contributed by atoms with van der Waals surface area (Å²) in [7, 11) is 3.10. The highest BCUT2D eigenvalue weighted by Gasteiger charge is 2.29. The first-order chi connectivity index (χ1) is 13.4. The lowest BCUT2D eigenvalue weighted by atomic mass is 10.1. The predicted octanol–water partition coefficient (Wildman–Crippen LogP) is 2.12. The van der Waals surface area contributed by atoms with E-state index >= 15 is 0 Å². The average Bonchev–Trinajstić information content (AvgIpc) is 2.70. The van der Waals surface area contributed by atoms with Crippen LogP contribution in [0.5, 0.6) is 0 Å². The van der Waals surface area contributed by atoms with Crippen LogP contribution in [0.3, 0.4) is 0 Å². The summed E-state index contributed by atoms with van der Waals surface area (Å²) in [6.07, 6.45) is 3.70. The van der Waals surface area contributed by atoms with Crippen LogP contribution < -0.4 is 10.5 Å². The van der Waals surface area contributed by atoms with Crippen LogP contribution in [0.15, 0.2) is 41.2 Å². The minimum absolute atomic E-state index is 0.425. The molecule has 2 aromatic rings. The topological polar surface area (TPSA) is 75.5 Å². The normalized spacial score (nSPS) is 15.2. The van der Waals surface area contributed by atoms with Crippen LogP contribution in [-0.4, -0.2) is 53.6 Å². The largest absolute Gasteiger partial charge is 0.372 e. The number of aromatic nitrogens is 2. The second-order valence-corrected chi connectivity index (χ2v) is 7.34. The van der Waals surface area contributed by atoms with Crippen molar-refractivity contribution >= 4 is 17.4 Å². The zero-order chi connectivity index (χ0) is 20.3. The third-order valence-corrected chi connectivity index (χ3v) is 5.01. The molecule has 0 radical (unpaired) electrons. The Hall–Kier alpha value is -2.96. The van der Waals surface area contributed by atoms with Crippen molar-refractivity contribution in [2.75, 3.05) is 32.1 Å². The molecule has 1 aliphatic heterocycles. The number of amides is 1. The van der Waals surface area contributed by atoms with Crippen LogP contribution in [0.2, 0.25) is 0 Å². The summed E-state index contributed by atoms with van der Waals surface area (Å²) < 4.78 is 0.985. The lowest BCUT2D eigenvalue weighted by Crippen LogP contribution is -2.41. The van der Waals surface area contributed by atoms with Gasteiger partial charge >= 0.3 is 0 Å². The Labute approximate surface area is 164 Å². The molecule has 0 bridgehead atoms. The maximum absolute atomic E-state index is 12.4. The Kier molecular flexibility index (Phi) is 5.92. The number of carbonyl (C=O) groups is 2. The van der Waals surface area contributed by atoms with E-state index in [-0.39, 0.29) is 0 Å². The van der Waals surface area contributed by atoms with Gasteiger partial charge in [-0.1, -0.05) is 12.1 Å². The van der Waals surface area contributed by atoms with Gasteiger partial charge in [0.2, 0.25) is 0 Å². The van der Waals surface area contributed by atoms with Gasteiger partial charge in [-0.25, -0.2) is 4.68 Å². The first kappa shape index (κ1) is 19.8. The highest BCUT2D eigenvalue weighted by Crippen LogP contribution is 2.24. The number of piperidine rings is 1. The Morgan fingerprint density at radius 3 is 2.21 bits per heavy atom. The number of anilines is 1. The SMILES string of the molecule is CC(=O)C(C(=O)N(C)C)n1nc(-c2ccc(N3CCCCC3)cc2)ccc1=O. The van der Waals surface area contributed by atoms with Gasteiger partial charge in [-0.05, 0) is 44.4 Å². The van der Waals surface area contributed by atoms with Crippen LogP contribution in [0.25, 0.3) is 11.3 Å². The molecule has 1 saturated heterocycles. The van der Waals surface area contributed by atoms with E-state index in [1.165, 1.54) is 42.8 Å². The van der Waals surface area contributed by atoms with Gasteiger partial charge in [0.15, 0.2) is 11.8 Å². The minimum atomic E-state index is -1.25. The van der Waals surface area contributed by atoms with Gasteiger partial charge in [0, 0.05) is 44.5 Å². The Morgan fingerprint density at radius 1 is 1.00 bits per heavy atom. The molecular formula is C21H26N4O3. The van der Waals surface area contributed by atoms with Crippen molar-refractivity contribution in [1.82, 2.24) is 14.7 Å². The van der Waals surface area contributed by atoms with Crippen molar-refractivity contribution in [2.45, 2.75) is 32.2 Å². The number of likely N-dealkylation sites (N-methyl/N-ethyl adjacent to an activating group) is 1. The molecule has 3 rings (SSSR count). The Balaban J connectivity index is 1.93. The van der Waals surface area contributed by atoms with E-state index in [2.05, 4.69) is 10.00 Å². The minimum Gasteiger partial charge on any atom is -0.372 e. The van der Waals surface area contributed by atoms with E-state index in [0.717, 1.165) is 23.3 Å². The van der Waals surface area contributed by atoms with Crippen molar-refractivity contribution in [2.24, 2.45) is 0 Å². The standard InChI is InChI=1S/C21H26N4O3/c1-15(26)20(21(28)23(2)3)25-19(27)12-11-18(22-25)16-7-9-17(10-8-16)24-13-5-4-6-14-24/h7-12,20H,4-6,13-14H2,1-3H3. The summed E-state index contributed by atoms with van der Waals surface area (Å²) in [5, 5.41) is 4.33. The maximum atomic E-state index is 12.4. The Morgan fingerprint density at radius 2 is 1.64 bits per heavy atom. The maximum Gasteiger partial charge on any atom is 0.267 e. The van der Waals surface area contributed by atoms with E-state index in [9.17, 15) is 14.4 Å². The summed E-state index contributed by atoms with van der Waals surface area (Å²) in [5.74, 6) is -0.898. The van der Waals surface area contributed by atoms with E-state index in [4.69, 9.17) is 0 Å². The molecule has 7 heteroatoms. The second kappa shape index (κ2) is 8.37. The highest BCUT2D eigenvalue weighted by molar-refractivity contribution is 6.02. The summed E-state index contributed by atoms with van der Waals surface area (Å²) in [6.45, 7) is 3.42. The zero-order valence-electron chi connectivity index (χ0n) is 16.6. The van der Waals surface area contributed by atoms with Crippen molar-refractivity contribution in [3.63, 3.8) is 0 Å². The van der Waals surface area contributed by atoms with E-state index < -0.39 is 23.3 Å². The van der Waals surface area contributed by atoms with E-state index in [1.807, 2.05) is 24.3 Å². The lowest BCUT2D eigenvalue weighted by molar-refractivity contribution is -0.138. The fourth-order valence-electron chi connectivity index (χ4n) is 3.45. The molecule has 148 valence electrons. The first-order valence-electron chi connectivity index (χ1n) is 9.55. The van der Waals surface area contributed by atoms with Gasteiger partial charge in [0.1, 0.15) is 0 Å². The molecular weight excluding hydrogens is 356 g/mol. The molecule has 28 heavy (non-hydrogen) atoms. The molecule has 0 N–H and O–H groups in total. The van der Waals surface area contributed by atoms with Gasteiger partial charge in [-0.15, -0.1) is 0 Å². The molecule has 1 aromatic carbocycles. The summed E-state index contributed by atoms with van der Waals surface area (Å²) >= 11 is 0. The molecule has 7 nitrogen and oxygen atoms in total. The number of carbonyl (C=O) groups excluding carboxylic acids is 2. The van der Waals surface area contributed by atoms with Gasteiger partial charge in [-0.2, -0.15) is 5.10 Å². The molecule has 1 aliphatic rings. The highest BCUT2D eigenvalue weighted by atomic mass is 16.2. The number of ketones is 1. The lowest BCUT2D eigenvalue weighted by Gasteiger charge is -2.28. The molecule has 0 aliphatic carbocycles. The average molecular weight is 382 g/mol. The van der Waals surface area contributed by atoms with Crippen LogP contribution >= 0.6 is 0 Å².